The van der Waals surface area contributed by atoms with Crippen LogP contribution in [0.3, 0.4) is 0 Å². The number of likely N-dealkylation sites (N-methyl/N-ethyl adjacent to an activating group) is 1. The molecule has 0 aromatic carbocycles. The SMILES string of the molecule is CN1CCN([n+]2cc([N-]C(=O)CCSC(=O)NC(C)(C)C)on2)CC1. The monoisotopic (exact) mass is 370 g/mol. The Hall–Kier alpha value is -1.81. The summed E-state index contributed by atoms with van der Waals surface area (Å²) in [5.74, 6) is 0.211. The van der Waals surface area contributed by atoms with E-state index in [-0.39, 0.29) is 29.0 Å². The molecule has 0 radical (unpaired) electrons. The molecule has 0 aliphatic carbocycles. The fraction of sp³-hybridized carbons (Fsp3) is 0.733. The maximum Gasteiger partial charge on any atom is 0.279 e. The van der Waals surface area contributed by atoms with Gasteiger partial charge in [0.05, 0.1) is 23.8 Å². The van der Waals surface area contributed by atoms with Gasteiger partial charge in [-0.2, -0.15) is 5.01 Å². The third-order valence-corrected chi connectivity index (χ3v) is 4.25. The molecule has 1 fully saturated rings. The maximum atomic E-state index is 11.9. The van der Waals surface area contributed by atoms with E-state index in [0.717, 1.165) is 37.9 Å². The summed E-state index contributed by atoms with van der Waals surface area (Å²) in [6, 6.07) is 0. The van der Waals surface area contributed by atoms with Crippen LogP contribution in [0, 0.1) is 0 Å². The molecule has 0 atom stereocenters. The van der Waals surface area contributed by atoms with Gasteiger partial charge in [0.15, 0.2) is 0 Å². The first-order chi connectivity index (χ1) is 11.7. The highest BCUT2D eigenvalue weighted by atomic mass is 32.2. The van der Waals surface area contributed by atoms with Gasteiger partial charge in [-0.1, -0.05) is 11.8 Å². The van der Waals surface area contributed by atoms with E-state index in [0.29, 0.717) is 5.75 Å². The first kappa shape index (κ1) is 19.5. The van der Waals surface area contributed by atoms with Crippen LogP contribution in [0.2, 0.25) is 0 Å². The number of piperazine rings is 1. The first-order valence-corrected chi connectivity index (χ1v) is 9.23. The predicted octanol–water partition coefficient (Wildman–Crippen LogP) is 1.01. The highest BCUT2D eigenvalue weighted by Gasteiger charge is 2.23. The van der Waals surface area contributed by atoms with Crippen LogP contribution in [0.1, 0.15) is 27.2 Å². The van der Waals surface area contributed by atoms with Gasteiger partial charge in [0.1, 0.15) is 5.88 Å². The first-order valence-electron chi connectivity index (χ1n) is 8.25. The molecule has 1 aliphatic rings. The van der Waals surface area contributed by atoms with Crippen LogP contribution < -0.4 is 15.1 Å². The second-order valence-electron chi connectivity index (χ2n) is 6.98. The van der Waals surface area contributed by atoms with Gasteiger partial charge < -0.3 is 24.9 Å². The van der Waals surface area contributed by atoms with Gasteiger partial charge in [-0.3, -0.25) is 4.79 Å². The number of thioether (sulfide) groups is 1. The van der Waals surface area contributed by atoms with E-state index in [9.17, 15) is 9.59 Å². The molecule has 10 heteroatoms. The average molecular weight is 370 g/mol. The van der Waals surface area contributed by atoms with Crippen molar-refractivity contribution in [2.75, 3.05) is 44.0 Å². The van der Waals surface area contributed by atoms with Crippen LogP contribution in [0.15, 0.2) is 10.7 Å². The van der Waals surface area contributed by atoms with Crippen LogP contribution in [0.25, 0.3) is 5.32 Å². The Bertz CT molecular complexity index is 592. The summed E-state index contributed by atoms with van der Waals surface area (Å²) in [5.41, 5.74) is -0.283. The summed E-state index contributed by atoms with van der Waals surface area (Å²) >= 11 is 1.08. The van der Waals surface area contributed by atoms with Gasteiger partial charge in [0, 0.05) is 24.4 Å². The number of nitrogens with zero attached hydrogens (tertiary/aromatic N) is 5. The van der Waals surface area contributed by atoms with E-state index < -0.39 is 0 Å². The molecule has 1 N–H and O–H groups in total. The summed E-state index contributed by atoms with van der Waals surface area (Å²) < 4.78 is 5.09. The summed E-state index contributed by atoms with van der Waals surface area (Å²) in [5, 5.41) is 12.5. The van der Waals surface area contributed by atoms with Gasteiger partial charge >= 0.3 is 0 Å². The van der Waals surface area contributed by atoms with E-state index >= 15 is 0 Å². The second-order valence-corrected chi connectivity index (χ2v) is 8.05. The number of nitrogens with one attached hydrogen (secondary N) is 1. The van der Waals surface area contributed by atoms with Crippen molar-refractivity contribution in [2.24, 2.45) is 0 Å². The summed E-state index contributed by atoms with van der Waals surface area (Å²) in [6.45, 7) is 9.28. The zero-order valence-electron chi connectivity index (χ0n) is 15.2. The number of aromatic nitrogens is 2. The number of hydrogen-bond acceptors (Lipinski definition) is 7. The Morgan fingerprint density at radius 2 is 2.04 bits per heavy atom. The van der Waals surface area contributed by atoms with Crippen molar-refractivity contribution in [2.45, 2.75) is 32.7 Å². The lowest BCUT2D eigenvalue weighted by molar-refractivity contribution is -0.759. The quantitative estimate of drug-likeness (QED) is 0.773. The highest BCUT2D eigenvalue weighted by molar-refractivity contribution is 8.13. The molecule has 2 heterocycles. The number of rotatable bonds is 5. The fourth-order valence-electron chi connectivity index (χ4n) is 2.17. The molecule has 9 nitrogen and oxygen atoms in total. The largest absolute Gasteiger partial charge is 0.588 e. The summed E-state index contributed by atoms with van der Waals surface area (Å²) in [6.07, 6.45) is 1.76. The van der Waals surface area contributed by atoms with E-state index in [2.05, 4.69) is 27.9 Å². The van der Waals surface area contributed by atoms with Crippen molar-refractivity contribution >= 4 is 28.8 Å². The number of amides is 2. The van der Waals surface area contributed by atoms with Crippen molar-refractivity contribution in [1.82, 2.24) is 15.5 Å². The minimum Gasteiger partial charge on any atom is -0.588 e. The van der Waals surface area contributed by atoms with E-state index in [1.54, 1.807) is 11.0 Å². The smallest absolute Gasteiger partial charge is 0.279 e. The molecule has 1 saturated heterocycles. The third-order valence-electron chi connectivity index (χ3n) is 3.47. The Balaban J connectivity index is 1.71. The molecule has 0 saturated carbocycles. The molecule has 1 aromatic rings. The van der Waals surface area contributed by atoms with Crippen LogP contribution in [-0.4, -0.2) is 65.8 Å². The van der Waals surface area contributed by atoms with Crippen LogP contribution in [-0.2, 0) is 4.79 Å². The Morgan fingerprint density at radius 3 is 2.68 bits per heavy atom. The Labute approximate surface area is 152 Å². The molecule has 140 valence electrons. The van der Waals surface area contributed by atoms with Gasteiger partial charge in [-0.25, -0.2) is 0 Å². The molecular formula is C15H26N6O3S. The van der Waals surface area contributed by atoms with Crippen LogP contribution >= 0.6 is 11.8 Å². The van der Waals surface area contributed by atoms with E-state index in [1.807, 2.05) is 25.8 Å². The molecule has 25 heavy (non-hydrogen) atoms. The van der Waals surface area contributed by atoms with Gasteiger partial charge in [0.25, 0.3) is 11.4 Å². The van der Waals surface area contributed by atoms with Crippen molar-refractivity contribution in [1.29, 1.82) is 0 Å². The number of carbonyl (C=O) groups is 2. The highest BCUT2D eigenvalue weighted by Crippen LogP contribution is 2.17. The molecule has 1 aromatic heterocycles. The number of carbonyl (C=O) groups excluding carboxylic acids is 2. The van der Waals surface area contributed by atoms with Gasteiger partial charge in [-0.15, -0.1) is 0 Å². The third kappa shape index (κ3) is 6.91. The van der Waals surface area contributed by atoms with Crippen LogP contribution in [0.4, 0.5) is 10.7 Å². The lowest BCUT2D eigenvalue weighted by Crippen LogP contribution is -2.64. The average Bonchev–Trinajstić information content (AvgIpc) is 2.94. The molecule has 2 rings (SSSR count). The van der Waals surface area contributed by atoms with E-state index in [1.165, 1.54) is 0 Å². The van der Waals surface area contributed by atoms with Crippen LogP contribution in [0.5, 0.6) is 0 Å². The second kappa shape index (κ2) is 8.52. The molecule has 0 bridgehead atoms. The molecule has 2 amide bonds. The van der Waals surface area contributed by atoms with Gasteiger partial charge in [-0.05, 0) is 34.2 Å². The summed E-state index contributed by atoms with van der Waals surface area (Å²) in [7, 11) is 2.07. The molecule has 1 aliphatic heterocycles. The topological polar surface area (TPSA) is 96.7 Å². The normalized spacial score (nSPS) is 15.9. The molecular weight excluding hydrogens is 344 g/mol. The Morgan fingerprint density at radius 1 is 1.36 bits per heavy atom. The lowest BCUT2D eigenvalue weighted by atomic mass is 10.1. The number of hydrogen-bond donors (Lipinski definition) is 1. The predicted molar refractivity (Wildman–Crippen MR) is 95.5 cm³/mol. The summed E-state index contributed by atoms with van der Waals surface area (Å²) in [4.78, 5) is 27.4. The fourth-order valence-corrected chi connectivity index (χ4v) is 3.01. The zero-order valence-corrected chi connectivity index (χ0v) is 16.0. The maximum absolute atomic E-state index is 11.9. The van der Waals surface area contributed by atoms with E-state index in [4.69, 9.17) is 4.52 Å². The standard InChI is InChI=1S/C15H26N6O3S/c1-15(2,3)17-14(23)25-10-5-12(22)16-13-11-21(18-24-13)20-8-6-19(4)7-9-20/h11H,5-10H2,1-4H3,(H-,16,17,18,22,23). The molecule has 0 spiro atoms. The van der Waals surface area contributed by atoms with Gasteiger partial charge in [0.2, 0.25) is 5.27 Å². The van der Waals surface area contributed by atoms with Crippen molar-refractivity contribution in [3.05, 3.63) is 11.5 Å². The Kier molecular flexibility index (Phi) is 6.65. The zero-order chi connectivity index (χ0) is 18.4. The van der Waals surface area contributed by atoms with Crippen molar-refractivity contribution < 1.29 is 18.9 Å². The van der Waals surface area contributed by atoms with Crippen molar-refractivity contribution in [3.8, 4) is 0 Å². The minimum absolute atomic E-state index is 0.145. The lowest BCUT2D eigenvalue weighted by Gasteiger charge is -2.26. The molecule has 0 unspecified atom stereocenters. The minimum atomic E-state index is -0.335. The van der Waals surface area contributed by atoms with Crippen molar-refractivity contribution in [3.63, 3.8) is 0 Å².